The average Bonchev–Trinajstić information content (AvgIpc) is 2.15. The van der Waals surface area contributed by atoms with Gasteiger partial charge in [0.1, 0.15) is 6.61 Å². The van der Waals surface area contributed by atoms with E-state index < -0.39 is 0 Å². The van der Waals surface area contributed by atoms with Gasteiger partial charge in [0.05, 0.1) is 0 Å². The third kappa shape index (κ3) is 3.14. The summed E-state index contributed by atoms with van der Waals surface area (Å²) >= 11 is 3.50. The molecule has 1 unspecified atom stereocenters. The van der Waals surface area contributed by atoms with Gasteiger partial charge in [-0.05, 0) is 18.1 Å². The van der Waals surface area contributed by atoms with Crippen molar-refractivity contribution < 1.29 is 9.53 Å². The molecule has 1 aromatic rings. The molecule has 0 spiro atoms. The van der Waals surface area contributed by atoms with Crippen LogP contribution < -0.4 is 0 Å². The van der Waals surface area contributed by atoms with Crippen LogP contribution in [-0.2, 0) is 16.1 Å². The molecule has 14 heavy (non-hydrogen) atoms. The average molecular weight is 257 g/mol. The summed E-state index contributed by atoms with van der Waals surface area (Å²) < 4.78 is 4.96. The van der Waals surface area contributed by atoms with Crippen LogP contribution in [0.3, 0.4) is 0 Å². The minimum atomic E-state index is -0.248. The lowest BCUT2D eigenvalue weighted by molar-refractivity contribution is -0.142. The molecule has 1 rings (SSSR count). The first kappa shape index (κ1) is 11.2. The van der Waals surface area contributed by atoms with Gasteiger partial charge in [-0.2, -0.15) is 0 Å². The fourth-order valence-electron chi connectivity index (χ4n) is 1.23. The molecule has 0 aromatic heterocycles. The van der Waals surface area contributed by atoms with Gasteiger partial charge in [0.25, 0.3) is 0 Å². The Morgan fingerprint density at radius 1 is 1.50 bits per heavy atom. The molecule has 0 radical (unpaired) electrons. The highest BCUT2D eigenvalue weighted by atomic mass is 79.9. The van der Waals surface area contributed by atoms with Crippen molar-refractivity contribution in [2.75, 3.05) is 0 Å². The molecule has 0 saturated heterocycles. The van der Waals surface area contributed by atoms with Gasteiger partial charge >= 0.3 is 5.97 Å². The molecule has 3 heteroatoms. The van der Waals surface area contributed by atoms with E-state index in [1.165, 1.54) is 6.92 Å². The van der Waals surface area contributed by atoms with Gasteiger partial charge in [0, 0.05) is 11.8 Å². The van der Waals surface area contributed by atoms with Crippen molar-refractivity contribution in [2.24, 2.45) is 0 Å². The van der Waals surface area contributed by atoms with Crippen LogP contribution in [0.5, 0.6) is 0 Å². The van der Waals surface area contributed by atoms with Crippen LogP contribution in [0.1, 0.15) is 29.8 Å². The summed E-state index contributed by atoms with van der Waals surface area (Å²) in [6, 6.07) is 7.91. The maximum atomic E-state index is 10.7. The number of carbonyl (C=O) groups is 1. The molecule has 0 bridgehead atoms. The van der Waals surface area contributed by atoms with Crippen LogP contribution >= 0.6 is 15.9 Å². The maximum Gasteiger partial charge on any atom is 0.302 e. The van der Waals surface area contributed by atoms with Crippen molar-refractivity contribution in [1.29, 1.82) is 0 Å². The molecule has 76 valence electrons. The number of ether oxygens (including phenoxy) is 1. The predicted octanol–water partition coefficient (Wildman–Crippen LogP) is 3.21. The molecule has 0 aliphatic heterocycles. The summed E-state index contributed by atoms with van der Waals surface area (Å²) in [4.78, 5) is 10.9. The summed E-state index contributed by atoms with van der Waals surface area (Å²) in [5.74, 6) is -0.248. The molecule has 0 aliphatic rings. The van der Waals surface area contributed by atoms with E-state index in [2.05, 4.69) is 15.9 Å². The third-order valence-corrected chi connectivity index (χ3v) is 2.41. The van der Waals surface area contributed by atoms with Crippen molar-refractivity contribution in [3.05, 3.63) is 35.4 Å². The van der Waals surface area contributed by atoms with Crippen LogP contribution in [-0.4, -0.2) is 5.97 Å². The van der Waals surface area contributed by atoms with E-state index in [4.69, 9.17) is 4.74 Å². The Morgan fingerprint density at radius 3 is 2.71 bits per heavy atom. The molecule has 0 heterocycles. The lowest BCUT2D eigenvalue weighted by atomic mass is 10.1. The highest BCUT2D eigenvalue weighted by Crippen LogP contribution is 2.25. The largest absolute Gasteiger partial charge is 0.461 e. The minimum Gasteiger partial charge on any atom is -0.461 e. The number of rotatable bonds is 3. The number of hydrogen-bond donors (Lipinski definition) is 0. The normalized spacial score (nSPS) is 12.2. The standard InChI is InChI=1S/C11H13BrO2/c1-8(12)11-6-4-3-5-10(11)7-14-9(2)13/h3-6,8H,7H2,1-2H3. The second-order valence-corrected chi connectivity index (χ2v) is 4.47. The number of halogens is 1. The van der Waals surface area contributed by atoms with E-state index in [1.807, 2.05) is 31.2 Å². The molecule has 0 fully saturated rings. The molecule has 0 N–H and O–H groups in total. The summed E-state index contributed by atoms with van der Waals surface area (Å²) in [5.41, 5.74) is 2.21. The molecular weight excluding hydrogens is 244 g/mol. The van der Waals surface area contributed by atoms with Crippen LogP contribution in [0.15, 0.2) is 24.3 Å². The molecule has 0 amide bonds. The Balaban J connectivity index is 2.79. The van der Waals surface area contributed by atoms with E-state index in [-0.39, 0.29) is 10.8 Å². The van der Waals surface area contributed by atoms with Crippen LogP contribution in [0.4, 0.5) is 0 Å². The number of esters is 1. The quantitative estimate of drug-likeness (QED) is 0.614. The summed E-state index contributed by atoms with van der Waals surface area (Å²) in [6.07, 6.45) is 0. The smallest absolute Gasteiger partial charge is 0.302 e. The van der Waals surface area contributed by atoms with Gasteiger partial charge in [-0.3, -0.25) is 4.79 Å². The maximum absolute atomic E-state index is 10.7. The number of carbonyl (C=O) groups excluding carboxylic acids is 1. The van der Waals surface area contributed by atoms with Crippen molar-refractivity contribution in [1.82, 2.24) is 0 Å². The van der Waals surface area contributed by atoms with Crippen molar-refractivity contribution >= 4 is 21.9 Å². The first-order chi connectivity index (χ1) is 6.61. The van der Waals surface area contributed by atoms with E-state index >= 15 is 0 Å². The summed E-state index contributed by atoms with van der Waals surface area (Å²) in [6.45, 7) is 3.81. The van der Waals surface area contributed by atoms with Gasteiger partial charge in [0.2, 0.25) is 0 Å². The van der Waals surface area contributed by atoms with Gasteiger partial charge in [-0.15, -0.1) is 0 Å². The molecular formula is C11H13BrO2. The number of hydrogen-bond acceptors (Lipinski definition) is 2. The Bertz CT molecular complexity index is 321. The third-order valence-electron chi connectivity index (χ3n) is 1.91. The molecule has 0 aliphatic carbocycles. The van der Waals surface area contributed by atoms with Crippen LogP contribution in [0, 0.1) is 0 Å². The van der Waals surface area contributed by atoms with Crippen LogP contribution in [0.25, 0.3) is 0 Å². The monoisotopic (exact) mass is 256 g/mol. The highest BCUT2D eigenvalue weighted by molar-refractivity contribution is 9.09. The Kier molecular flexibility index (Phi) is 4.14. The van der Waals surface area contributed by atoms with E-state index in [0.717, 1.165) is 11.1 Å². The van der Waals surface area contributed by atoms with Crippen LogP contribution in [0.2, 0.25) is 0 Å². The molecule has 0 saturated carbocycles. The molecule has 1 aromatic carbocycles. The Morgan fingerprint density at radius 2 is 2.14 bits per heavy atom. The Hall–Kier alpha value is -0.830. The number of benzene rings is 1. The Labute approximate surface area is 92.4 Å². The van der Waals surface area contributed by atoms with Crippen molar-refractivity contribution in [3.63, 3.8) is 0 Å². The fourth-order valence-corrected chi connectivity index (χ4v) is 1.68. The van der Waals surface area contributed by atoms with Crippen molar-refractivity contribution in [2.45, 2.75) is 25.3 Å². The van der Waals surface area contributed by atoms with Gasteiger partial charge in [-0.1, -0.05) is 40.2 Å². The van der Waals surface area contributed by atoms with E-state index in [0.29, 0.717) is 6.61 Å². The molecule has 1 atom stereocenters. The van der Waals surface area contributed by atoms with E-state index in [9.17, 15) is 4.79 Å². The fraction of sp³-hybridized carbons (Fsp3) is 0.364. The van der Waals surface area contributed by atoms with Gasteiger partial charge in [-0.25, -0.2) is 0 Å². The first-order valence-electron chi connectivity index (χ1n) is 4.46. The zero-order valence-electron chi connectivity index (χ0n) is 8.29. The zero-order chi connectivity index (χ0) is 10.6. The van der Waals surface area contributed by atoms with Gasteiger partial charge < -0.3 is 4.74 Å². The first-order valence-corrected chi connectivity index (χ1v) is 5.38. The summed E-state index contributed by atoms with van der Waals surface area (Å²) in [5, 5.41) is 0. The predicted molar refractivity (Wildman–Crippen MR) is 59.3 cm³/mol. The van der Waals surface area contributed by atoms with E-state index in [1.54, 1.807) is 0 Å². The summed E-state index contributed by atoms with van der Waals surface area (Å²) in [7, 11) is 0. The second-order valence-electron chi connectivity index (χ2n) is 3.10. The van der Waals surface area contributed by atoms with Gasteiger partial charge in [0.15, 0.2) is 0 Å². The topological polar surface area (TPSA) is 26.3 Å². The zero-order valence-corrected chi connectivity index (χ0v) is 9.87. The number of alkyl halides is 1. The SMILES string of the molecule is CC(=O)OCc1ccccc1C(C)Br. The van der Waals surface area contributed by atoms with Crippen molar-refractivity contribution in [3.8, 4) is 0 Å². The lowest BCUT2D eigenvalue weighted by Gasteiger charge is -2.10. The molecule has 2 nitrogen and oxygen atoms in total. The second kappa shape index (κ2) is 5.15. The minimum absolute atomic E-state index is 0.248. The highest BCUT2D eigenvalue weighted by Gasteiger charge is 2.07. The lowest BCUT2D eigenvalue weighted by Crippen LogP contribution is -2.02.